The topological polar surface area (TPSA) is 11.4 Å². The van der Waals surface area contributed by atoms with Gasteiger partial charge in [-0.1, -0.05) is 314 Å². The van der Waals surface area contributed by atoms with Crippen molar-refractivity contribution >= 4 is 79.0 Å². The van der Waals surface area contributed by atoms with Crippen molar-refractivity contribution in [2.75, 3.05) is 9.80 Å². The van der Waals surface area contributed by atoms with E-state index in [4.69, 9.17) is 0 Å². The summed E-state index contributed by atoms with van der Waals surface area (Å²) in [6.07, 6.45) is 0. The highest BCUT2D eigenvalue weighted by molar-refractivity contribution is 7.00. The summed E-state index contributed by atoms with van der Waals surface area (Å²) < 4.78 is 2.60. The second-order valence-corrected chi connectivity index (χ2v) is 31.5. The maximum absolute atomic E-state index is 2.68. The molecular formula is C94H84BN3. The molecule has 0 N–H and O–H groups in total. The minimum atomic E-state index is -0.163. The molecule has 98 heavy (non-hydrogen) atoms. The zero-order valence-electron chi connectivity index (χ0n) is 58.6. The van der Waals surface area contributed by atoms with Gasteiger partial charge in [0.05, 0.1) is 16.7 Å². The van der Waals surface area contributed by atoms with E-state index >= 15 is 0 Å². The van der Waals surface area contributed by atoms with E-state index < -0.39 is 0 Å². The van der Waals surface area contributed by atoms with Crippen molar-refractivity contribution in [2.24, 2.45) is 0 Å². The van der Waals surface area contributed by atoms with Crippen LogP contribution >= 0.6 is 0 Å². The van der Waals surface area contributed by atoms with Crippen LogP contribution in [0.4, 0.5) is 34.1 Å². The molecule has 1 aromatic heterocycles. The lowest BCUT2D eigenvalue weighted by Gasteiger charge is -2.45. The summed E-state index contributed by atoms with van der Waals surface area (Å²) in [5.41, 5.74) is 32.9. The van der Waals surface area contributed by atoms with Crippen LogP contribution in [0.2, 0.25) is 0 Å². The molecule has 0 radical (unpaired) electrons. The standard InChI is InChI=1S/C94H84BN3/c1-91(2,3)73-53-74(92(4,5)6)56-77(55-73)97-86-51-71(67-37-33-65(34-38-67)61-25-17-13-18-26-61)43-47-82(86)95-83-48-44-72(68-39-35-66(36-40-68)62-27-19-14-20-28-62)52-87(83)98(78-57-75(93(7,8)9)54-76(58-78)94(10,11)12)89-60-79(59-88(97)90(89)95)96-84-49-69(63-29-21-15-22-30-63)41-45-80(84)81-46-42-70(50-85(81)96)64-31-23-16-24-32-64/h13-60H,1-12H3. The molecule has 3 heterocycles. The number of nitrogens with zero attached hydrogens (tertiary/aromatic N) is 3. The highest BCUT2D eigenvalue weighted by Gasteiger charge is 2.45. The van der Waals surface area contributed by atoms with Gasteiger partial charge >= 0.3 is 0 Å². The van der Waals surface area contributed by atoms with Crippen LogP contribution in [0, 0.1) is 0 Å². The zero-order valence-corrected chi connectivity index (χ0v) is 58.6. The molecule has 13 aromatic carbocycles. The number of fused-ring (bicyclic) bond motifs is 7. The van der Waals surface area contributed by atoms with Crippen molar-refractivity contribution in [1.82, 2.24) is 4.57 Å². The molecule has 0 bridgehead atoms. The van der Waals surface area contributed by atoms with E-state index in [1.165, 1.54) is 128 Å². The number of benzene rings is 13. The van der Waals surface area contributed by atoms with E-state index in [1.807, 2.05) is 0 Å². The van der Waals surface area contributed by atoms with E-state index in [9.17, 15) is 0 Å². The molecule has 0 atom stereocenters. The Morgan fingerprint density at radius 1 is 0.224 bits per heavy atom. The summed E-state index contributed by atoms with van der Waals surface area (Å²) in [6.45, 7) is 28.2. The van der Waals surface area contributed by atoms with Crippen LogP contribution in [0.5, 0.6) is 0 Å². The smallest absolute Gasteiger partial charge is 0.252 e. The summed E-state index contributed by atoms with van der Waals surface area (Å²) in [5, 5.41) is 2.42. The molecular weight excluding hydrogens is 1180 g/mol. The van der Waals surface area contributed by atoms with Gasteiger partial charge in [-0.3, -0.25) is 0 Å². The predicted molar refractivity (Wildman–Crippen MR) is 422 cm³/mol. The van der Waals surface area contributed by atoms with Gasteiger partial charge in [0.2, 0.25) is 0 Å². The lowest BCUT2D eigenvalue weighted by molar-refractivity contribution is 0.568. The maximum Gasteiger partial charge on any atom is 0.252 e. The molecule has 2 aliphatic rings. The minimum absolute atomic E-state index is 0.158. The number of hydrogen-bond donors (Lipinski definition) is 0. The van der Waals surface area contributed by atoms with Gasteiger partial charge < -0.3 is 14.4 Å². The van der Waals surface area contributed by atoms with Crippen molar-refractivity contribution in [3.05, 3.63) is 313 Å². The van der Waals surface area contributed by atoms with Gasteiger partial charge in [-0.15, -0.1) is 0 Å². The van der Waals surface area contributed by atoms with E-state index in [-0.39, 0.29) is 28.4 Å². The molecule has 0 amide bonds. The summed E-state index contributed by atoms with van der Waals surface area (Å²) in [7, 11) is 0. The maximum atomic E-state index is 2.68. The Morgan fingerprint density at radius 3 is 0.806 bits per heavy atom. The Hall–Kier alpha value is -10.7. The van der Waals surface area contributed by atoms with Crippen molar-refractivity contribution in [3.8, 4) is 72.4 Å². The van der Waals surface area contributed by atoms with E-state index in [1.54, 1.807) is 0 Å². The molecule has 3 nitrogen and oxygen atoms in total. The van der Waals surface area contributed by atoms with Crippen LogP contribution in [0.3, 0.4) is 0 Å². The van der Waals surface area contributed by atoms with Crippen molar-refractivity contribution in [1.29, 1.82) is 0 Å². The van der Waals surface area contributed by atoms with Crippen LogP contribution in [0.15, 0.2) is 291 Å². The third-order valence-corrected chi connectivity index (χ3v) is 20.8. The molecule has 0 fully saturated rings. The number of rotatable bonds is 9. The molecule has 0 aliphatic carbocycles. The number of anilines is 6. The van der Waals surface area contributed by atoms with Gasteiger partial charge in [0.1, 0.15) is 0 Å². The van der Waals surface area contributed by atoms with Crippen molar-refractivity contribution < 1.29 is 0 Å². The molecule has 14 aromatic rings. The molecule has 16 rings (SSSR count). The third kappa shape index (κ3) is 11.1. The van der Waals surface area contributed by atoms with Gasteiger partial charge in [0, 0.05) is 44.9 Å². The molecule has 0 saturated heterocycles. The monoisotopic (exact) mass is 1270 g/mol. The fraction of sp³-hybridized carbons (Fsp3) is 0.170. The van der Waals surface area contributed by atoms with Crippen molar-refractivity contribution in [3.63, 3.8) is 0 Å². The molecule has 2 aliphatic heterocycles. The summed E-state index contributed by atoms with van der Waals surface area (Å²) in [6, 6.07) is 111. The van der Waals surface area contributed by atoms with Crippen LogP contribution in [0.1, 0.15) is 105 Å². The Balaban J connectivity index is 1.05. The largest absolute Gasteiger partial charge is 0.311 e. The van der Waals surface area contributed by atoms with Gasteiger partial charge in [0.15, 0.2) is 0 Å². The highest BCUT2D eigenvalue weighted by atomic mass is 15.2. The Labute approximate surface area is 580 Å². The lowest BCUT2D eigenvalue weighted by atomic mass is 9.33. The SMILES string of the molecule is CC(C)(C)c1cc(N2c3cc(-c4ccc(-c5ccccc5)cc4)ccc3B3c4ccc(-c5ccc(-c6ccccc6)cc5)cc4N(c4cc(C(C)(C)C)cc(C(C)(C)C)c4)c4cc(-n5c6cc(-c7ccccc7)ccc6c6ccc(-c7ccccc7)cc65)cc2c43)cc(C(C)(C)C)c1. The quantitative estimate of drug-likeness (QED) is 0.133. The van der Waals surface area contributed by atoms with Gasteiger partial charge in [0.25, 0.3) is 6.71 Å². The van der Waals surface area contributed by atoms with Crippen LogP contribution < -0.4 is 26.2 Å². The van der Waals surface area contributed by atoms with Gasteiger partial charge in [-0.2, -0.15) is 0 Å². The number of aromatic nitrogens is 1. The van der Waals surface area contributed by atoms with Crippen LogP contribution in [-0.4, -0.2) is 11.3 Å². The number of hydrogen-bond acceptors (Lipinski definition) is 2. The fourth-order valence-electron chi connectivity index (χ4n) is 15.1. The lowest BCUT2D eigenvalue weighted by Crippen LogP contribution is -2.61. The average Bonchev–Trinajstić information content (AvgIpc) is 0.840. The fourth-order valence-corrected chi connectivity index (χ4v) is 15.1. The van der Waals surface area contributed by atoms with Crippen LogP contribution in [-0.2, 0) is 21.7 Å². The Kier molecular flexibility index (Phi) is 14.9. The van der Waals surface area contributed by atoms with E-state index in [2.05, 4.69) is 389 Å². The Bertz CT molecular complexity index is 4990. The summed E-state index contributed by atoms with van der Waals surface area (Å²) in [5.74, 6) is 0. The average molecular weight is 1270 g/mol. The second kappa shape index (κ2) is 23.6. The summed E-state index contributed by atoms with van der Waals surface area (Å²) >= 11 is 0. The van der Waals surface area contributed by atoms with Gasteiger partial charge in [-0.25, -0.2) is 0 Å². The molecule has 478 valence electrons. The van der Waals surface area contributed by atoms with E-state index in [0.717, 1.165) is 39.5 Å². The zero-order chi connectivity index (χ0) is 67.6. The van der Waals surface area contributed by atoms with Crippen LogP contribution in [0.25, 0.3) is 94.3 Å². The molecule has 0 saturated carbocycles. The van der Waals surface area contributed by atoms with Gasteiger partial charge in [-0.05, 0) is 188 Å². The third-order valence-electron chi connectivity index (χ3n) is 20.8. The predicted octanol–water partition coefficient (Wildman–Crippen LogP) is 24.1. The second-order valence-electron chi connectivity index (χ2n) is 31.5. The molecule has 0 unspecified atom stereocenters. The normalized spacial score (nSPS) is 13.0. The molecule has 0 spiro atoms. The van der Waals surface area contributed by atoms with E-state index in [0.29, 0.717) is 0 Å². The minimum Gasteiger partial charge on any atom is -0.311 e. The first-order chi connectivity index (χ1) is 47.1. The molecule has 4 heteroatoms. The Morgan fingerprint density at radius 2 is 0.490 bits per heavy atom. The first-order valence-electron chi connectivity index (χ1n) is 35.0. The highest BCUT2D eigenvalue weighted by Crippen LogP contribution is 2.51. The first-order valence-corrected chi connectivity index (χ1v) is 35.0. The summed E-state index contributed by atoms with van der Waals surface area (Å²) in [4.78, 5) is 5.36. The van der Waals surface area contributed by atoms with Crippen molar-refractivity contribution in [2.45, 2.75) is 105 Å². The first kappa shape index (κ1) is 62.2.